The number of likely N-dealkylation sites (tertiary alicyclic amines) is 3. The maximum Gasteiger partial charge on any atom is 0.230 e. The van der Waals surface area contributed by atoms with Crippen LogP contribution in [0.25, 0.3) is 0 Å². The number of carbonyl (C=O) groups excluding carboxylic acids is 2. The van der Waals surface area contributed by atoms with Gasteiger partial charge in [0.05, 0.1) is 5.41 Å². The number of hydrogen-bond donors (Lipinski definition) is 0. The minimum absolute atomic E-state index is 0.0643. The predicted octanol–water partition coefficient (Wildman–Crippen LogP) is 1.83. The van der Waals surface area contributed by atoms with E-state index in [0.717, 1.165) is 65.1 Å². The predicted molar refractivity (Wildman–Crippen MR) is 94.5 cm³/mol. The highest BCUT2D eigenvalue weighted by Crippen LogP contribution is 2.57. The van der Waals surface area contributed by atoms with E-state index in [9.17, 15) is 9.59 Å². The molecule has 3 aliphatic heterocycles. The lowest BCUT2D eigenvalue weighted by Crippen LogP contribution is -2.53. The topological polar surface area (TPSA) is 43.9 Å². The summed E-state index contributed by atoms with van der Waals surface area (Å²) < 4.78 is 0. The molecular weight excluding hydrogens is 302 g/mol. The molecule has 0 aromatic heterocycles. The van der Waals surface area contributed by atoms with Crippen molar-refractivity contribution < 1.29 is 9.59 Å². The second-order valence-electron chi connectivity index (χ2n) is 8.57. The van der Waals surface area contributed by atoms with Crippen LogP contribution in [0.3, 0.4) is 0 Å². The van der Waals surface area contributed by atoms with Gasteiger partial charge in [0.25, 0.3) is 0 Å². The zero-order valence-corrected chi connectivity index (χ0v) is 15.8. The van der Waals surface area contributed by atoms with Crippen molar-refractivity contribution in [2.24, 2.45) is 16.7 Å². The van der Waals surface area contributed by atoms with Crippen LogP contribution in [-0.4, -0.2) is 72.3 Å². The summed E-state index contributed by atoms with van der Waals surface area (Å²) in [7, 11) is 0. The highest BCUT2D eigenvalue weighted by molar-refractivity contribution is 5.86. The first-order chi connectivity index (χ1) is 11.3. The van der Waals surface area contributed by atoms with Gasteiger partial charge < -0.3 is 14.7 Å². The summed E-state index contributed by atoms with van der Waals surface area (Å²) in [6, 6.07) is 0. The van der Waals surface area contributed by atoms with E-state index in [1.54, 1.807) is 6.92 Å². The summed E-state index contributed by atoms with van der Waals surface area (Å²) in [4.78, 5) is 31.6. The van der Waals surface area contributed by atoms with Crippen LogP contribution < -0.4 is 0 Å². The van der Waals surface area contributed by atoms with Gasteiger partial charge in [-0.1, -0.05) is 13.8 Å². The molecule has 2 spiro atoms. The van der Waals surface area contributed by atoms with Gasteiger partial charge in [-0.05, 0) is 32.1 Å². The lowest BCUT2D eigenvalue weighted by Gasteiger charge is -2.47. The summed E-state index contributed by atoms with van der Waals surface area (Å²) in [5.41, 5.74) is -0.143. The van der Waals surface area contributed by atoms with Crippen LogP contribution in [0.4, 0.5) is 0 Å². The zero-order valence-electron chi connectivity index (χ0n) is 15.8. The second-order valence-corrected chi connectivity index (χ2v) is 8.57. The van der Waals surface area contributed by atoms with Crippen molar-refractivity contribution in [3.05, 3.63) is 0 Å². The number of rotatable bonds is 3. The van der Waals surface area contributed by atoms with Crippen LogP contribution in [0.1, 0.15) is 47.0 Å². The normalized spacial score (nSPS) is 30.3. The van der Waals surface area contributed by atoms with Gasteiger partial charge >= 0.3 is 0 Å². The smallest absolute Gasteiger partial charge is 0.230 e. The number of fused-ring (bicyclic) bond motifs is 1. The minimum Gasteiger partial charge on any atom is -0.343 e. The summed E-state index contributed by atoms with van der Waals surface area (Å²) in [6.07, 6.45) is 2.95. The van der Waals surface area contributed by atoms with E-state index in [1.807, 2.05) is 4.90 Å². The van der Waals surface area contributed by atoms with Crippen LogP contribution >= 0.6 is 0 Å². The highest BCUT2D eigenvalue weighted by Gasteiger charge is 2.64. The summed E-state index contributed by atoms with van der Waals surface area (Å²) in [6.45, 7) is 14.6. The van der Waals surface area contributed by atoms with Crippen LogP contribution in [0, 0.1) is 16.7 Å². The Kier molecular flexibility index (Phi) is 4.67. The molecule has 2 amide bonds. The first kappa shape index (κ1) is 17.7. The van der Waals surface area contributed by atoms with Gasteiger partial charge in [-0.2, -0.15) is 0 Å². The van der Waals surface area contributed by atoms with Gasteiger partial charge in [0.2, 0.25) is 11.8 Å². The van der Waals surface area contributed by atoms with Crippen LogP contribution in [-0.2, 0) is 9.59 Å². The molecule has 0 aliphatic carbocycles. The van der Waals surface area contributed by atoms with Crippen molar-refractivity contribution in [1.29, 1.82) is 0 Å². The zero-order chi connectivity index (χ0) is 17.5. The molecule has 0 N–H and O–H groups in total. The number of hydrogen-bond acceptors (Lipinski definition) is 3. The molecule has 5 heteroatoms. The first-order valence-electron chi connectivity index (χ1n) is 9.61. The molecule has 0 aromatic rings. The Labute approximate surface area is 146 Å². The SMILES string of the molecule is CCN1CCC2(CN(CC(C)C)CC23CCN(C(C)=O)CC3)C1=O. The molecule has 3 heterocycles. The van der Waals surface area contributed by atoms with E-state index in [4.69, 9.17) is 0 Å². The molecule has 0 bridgehead atoms. The minimum atomic E-state index is -0.208. The van der Waals surface area contributed by atoms with E-state index in [1.165, 1.54) is 0 Å². The lowest BCUT2D eigenvalue weighted by atomic mass is 9.60. The fourth-order valence-electron chi connectivity index (χ4n) is 5.49. The second kappa shape index (κ2) is 6.32. The molecule has 0 aromatic carbocycles. The molecule has 1 unspecified atom stereocenters. The molecule has 5 nitrogen and oxygen atoms in total. The van der Waals surface area contributed by atoms with Gasteiger partial charge in [-0.15, -0.1) is 0 Å². The van der Waals surface area contributed by atoms with Gasteiger partial charge in [0.1, 0.15) is 0 Å². The monoisotopic (exact) mass is 335 g/mol. The van der Waals surface area contributed by atoms with Crippen molar-refractivity contribution in [1.82, 2.24) is 14.7 Å². The van der Waals surface area contributed by atoms with Gasteiger partial charge in [0, 0.05) is 58.2 Å². The van der Waals surface area contributed by atoms with Crippen molar-refractivity contribution in [3.63, 3.8) is 0 Å². The van der Waals surface area contributed by atoms with Gasteiger partial charge in [0.15, 0.2) is 0 Å². The molecule has 3 fully saturated rings. The quantitative estimate of drug-likeness (QED) is 0.790. The van der Waals surface area contributed by atoms with E-state index in [2.05, 4.69) is 30.6 Å². The van der Waals surface area contributed by atoms with Crippen molar-refractivity contribution in [2.75, 3.05) is 45.8 Å². The highest BCUT2D eigenvalue weighted by atomic mass is 16.2. The third kappa shape index (κ3) is 2.65. The fourth-order valence-corrected chi connectivity index (χ4v) is 5.49. The number of carbonyl (C=O) groups is 2. The lowest BCUT2D eigenvalue weighted by molar-refractivity contribution is -0.143. The van der Waals surface area contributed by atoms with E-state index >= 15 is 0 Å². The molecule has 3 rings (SSSR count). The largest absolute Gasteiger partial charge is 0.343 e. The molecular formula is C19H33N3O2. The van der Waals surface area contributed by atoms with Crippen molar-refractivity contribution in [2.45, 2.75) is 47.0 Å². The van der Waals surface area contributed by atoms with E-state index < -0.39 is 0 Å². The van der Waals surface area contributed by atoms with Crippen LogP contribution in [0.5, 0.6) is 0 Å². The Morgan fingerprint density at radius 3 is 2.29 bits per heavy atom. The third-order valence-corrected chi connectivity index (χ3v) is 6.71. The Balaban J connectivity index is 1.87. The molecule has 0 radical (unpaired) electrons. The number of nitrogens with zero attached hydrogens (tertiary/aromatic N) is 3. The average molecular weight is 335 g/mol. The van der Waals surface area contributed by atoms with Crippen LogP contribution in [0.15, 0.2) is 0 Å². The summed E-state index contributed by atoms with van der Waals surface area (Å²) in [5.74, 6) is 1.17. The molecule has 3 saturated heterocycles. The molecule has 3 aliphatic rings. The maximum absolute atomic E-state index is 13.3. The molecule has 136 valence electrons. The fraction of sp³-hybridized carbons (Fsp3) is 0.895. The maximum atomic E-state index is 13.3. The summed E-state index contributed by atoms with van der Waals surface area (Å²) >= 11 is 0. The molecule has 1 atom stereocenters. The van der Waals surface area contributed by atoms with Crippen molar-refractivity contribution in [3.8, 4) is 0 Å². The Morgan fingerprint density at radius 2 is 1.79 bits per heavy atom. The number of piperidine rings is 1. The van der Waals surface area contributed by atoms with E-state index in [-0.39, 0.29) is 16.7 Å². The van der Waals surface area contributed by atoms with E-state index in [0.29, 0.717) is 11.8 Å². The van der Waals surface area contributed by atoms with Crippen LogP contribution in [0.2, 0.25) is 0 Å². The Morgan fingerprint density at radius 1 is 1.12 bits per heavy atom. The molecule has 24 heavy (non-hydrogen) atoms. The van der Waals surface area contributed by atoms with Gasteiger partial charge in [-0.25, -0.2) is 0 Å². The Bertz CT molecular complexity index is 511. The Hall–Kier alpha value is -1.10. The third-order valence-electron chi connectivity index (χ3n) is 6.71. The molecule has 0 saturated carbocycles. The summed E-state index contributed by atoms with van der Waals surface area (Å²) in [5, 5.41) is 0. The first-order valence-corrected chi connectivity index (χ1v) is 9.61. The average Bonchev–Trinajstić information content (AvgIpc) is 2.99. The standard InChI is InChI=1S/C19H33N3O2/c1-5-21-11-8-19(17(21)24)14-20(12-15(2)3)13-18(19)6-9-22(10-7-18)16(4)23/h15H,5-14H2,1-4H3. The number of amides is 2. The van der Waals surface area contributed by atoms with Crippen molar-refractivity contribution >= 4 is 11.8 Å². The van der Waals surface area contributed by atoms with Gasteiger partial charge in [-0.3, -0.25) is 9.59 Å².